The molecule has 0 unspecified atom stereocenters. The average Bonchev–Trinajstić information content (AvgIpc) is 2.38. The van der Waals surface area contributed by atoms with Crippen molar-refractivity contribution in [2.24, 2.45) is 0 Å². The summed E-state index contributed by atoms with van der Waals surface area (Å²) in [5, 5.41) is 2.96. The van der Waals surface area contributed by atoms with E-state index in [0.29, 0.717) is 17.7 Å². The van der Waals surface area contributed by atoms with E-state index in [4.69, 9.17) is 0 Å². The molecule has 5 nitrogen and oxygen atoms in total. The number of nitrogens with one attached hydrogen (secondary N) is 1. The first-order chi connectivity index (χ1) is 8.61. The number of nitrogens with zero attached hydrogens (tertiary/aromatic N) is 4. The van der Waals surface area contributed by atoms with E-state index in [1.54, 1.807) is 7.05 Å². The number of aromatic nitrogens is 3. The molecule has 94 valence electrons. The van der Waals surface area contributed by atoms with Gasteiger partial charge in [0.15, 0.2) is 5.82 Å². The van der Waals surface area contributed by atoms with Crippen molar-refractivity contribution < 1.29 is 0 Å². The third-order valence-corrected chi connectivity index (χ3v) is 2.63. The number of anilines is 2. The molecule has 0 aliphatic heterocycles. The molecule has 2 rings (SSSR count). The zero-order chi connectivity index (χ0) is 13.1. The van der Waals surface area contributed by atoms with Gasteiger partial charge in [-0.15, -0.1) is 0 Å². The molecule has 0 bridgehead atoms. The first-order valence-corrected chi connectivity index (χ1v) is 5.79. The molecule has 18 heavy (non-hydrogen) atoms. The Kier molecular flexibility index (Phi) is 3.41. The topological polar surface area (TPSA) is 53.9 Å². The SMILES string of the molecule is CNc1nc(-c2ccccc2C)nc(N(C)C)n1. The fourth-order valence-corrected chi connectivity index (χ4v) is 1.62. The number of hydrogen-bond acceptors (Lipinski definition) is 5. The van der Waals surface area contributed by atoms with Crippen LogP contribution in [-0.2, 0) is 0 Å². The lowest BCUT2D eigenvalue weighted by Gasteiger charge is -2.13. The van der Waals surface area contributed by atoms with Crippen LogP contribution in [0.25, 0.3) is 11.4 Å². The summed E-state index contributed by atoms with van der Waals surface area (Å²) in [6, 6.07) is 8.06. The van der Waals surface area contributed by atoms with Crippen molar-refractivity contribution in [1.82, 2.24) is 15.0 Å². The smallest absolute Gasteiger partial charge is 0.230 e. The van der Waals surface area contributed by atoms with Gasteiger partial charge in [-0.3, -0.25) is 0 Å². The van der Waals surface area contributed by atoms with Crippen LogP contribution in [0.1, 0.15) is 5.56 Å². The lowest BCUT2D eigenvalue weighted by molar-refractivity contribution is 0.962. The molecule has 1 aromatic carbocycles. The Morgan fingerprint density at radius 3 is 2.39 bits per heavy atom. The van der Waals surface area contributed by atoms with E-state index in [1.807, 2.05) is 50.2 Å². The van der Waals surface area contributed by atoms with Gasteiger partial charge in [0.1, 0.15) is 0 Å². The van der Waals surface area contributed by atoms with Crippen molar-refractivity contribution in [3.05, 3.63) is 29.8 Å². The first-order valence-electron chi connectivity index (χ1n) is 5.79. The van der Waals surface area contributed by atoms with E-state index in [1.165, 1.54) is 0 Å². The predicted molar refractivity (Wildman–Crippen MR) is 73.9 cm³/mol. The summed E-state index contributed by atoms with van der Waals surface area (Å²) < 4.78 is 0. The Labute approximate surface area is 107 Å². The third-order valence-electron chi connectivity index (χ3n) is 2.63. The molecule has 0 saturated carbocycles. The van der Waals surface area contributed by atoms with Gasteiger partial charge in [-0.2, -0.15) is 15.0 Å². The molecule has 2 aromatic rings. The Hall–Kier alpha value is -2.17. The van der Waals surface area contributed by atoms with Gasteiger partial charge in [0.05, 0.1) is 0 Å². The second kappa shape index (κ2) is 5.00. The van der Waals surface area contributed by atoms with Gasteiger partial charge < -0.3 is 10.2 Å². The minimum Gasteiger partial charge on any atom is -0.357 e. The number of aryl methyl sites for hydroxylation is 1. The molecule has 0 saturated heterocycles. The molecule has 0 aliphatic rings. The Morgan fingerprint density at radius 2 is 1.78 bits per heavy atom. The standard InChI is InChI=1S/C13H17N5/c1-9-7-5-6-8-10(9)11-15-12(14-2)17-13(16-11)18(3)4/h5-8H,1-4H3,(H,14,15,16,17). The van der Waals surface area contributed by atoms with Crippen LogP contribution >= 0.6 is 0 Å². The maximum atomic E-state index is 4.48. The number of hydrogen-bond donors (Lipinski definition) is 1. The second-order valence-electron chi connectivity index (χ2n) is 4.24. The van der Waals surface area contributed by atoms with Crippen LogP contribution in [-0.4, -0.2) is 36.1 Å². The quantitative estimate of drug-likeness (QED) is 0.893. The highest BCUT2D eigenvalue weighted by Gasteiger charge is 2.10. The van der Waals surface area contributed by atoms with E-state index < -0.39 is 0 Å². The fraction of sp³-hybridized carbons (Fsp3) is 0.308. The van der Waals surface area contributed by atoms with Crippen molar-refractivity contribution in [2.45, 2.75) is 6.92 Å². The van der Waals surface area contributed by atoms with Gasteiger partial charge in [0.2, 0.25) is 11.9 Å². The zero-order valence-electron chi connectivity index (χ0n) is 11.1. The minimum atomic E-state index is 0.576. The van der Waals surface area contributed by atoms with E-state index >= 15 is 0 Å². The average molecular weight is 243 g/mol. The van der Waals surface area contributed by atoms with Crippen molar-refractivity contribution in [1.29, 1.82) is 0 Å². The summed E-state index contributed by atoms with van der Waals surface area (Å²) in [5.41, 5.74) is 2.18. The van der Waals surface area contributed by atoms with Gasteiger partial charge in [-0.25, -0.2) is 0 Å². The van der Waals surface area contributed by atoms with E-state index in [-0.39, 0.29) is 0 Å². The molecular weight excluding hydrogens is 226 g/mol. The third kappa shape index (κ3) is 2.40. The van der Waals surface area contributed by atoms with E-state index in [2.05, 4.69) is 20.3 Å². The van der Waals surface area contributed by atoms with E-state index in [0.717, 1.165) is 11.1 Å². The van der Waals surface area contributed by atoms with Gasteiger partial charge in [0, 0.05) is 26.7 Å². The Morgan fingerprint density at radius 1 is 1.06 bits per heavy atom. The summed E-state index contributed by atoms with van der Waals surface area (Å²) in [4.78, 5) is 15.0. The maximum absolute atomic E-state index is 4.48. The summed E-state index contributed by atoms with van der Waals surface area (Å²) in [5.74, 6) is 1.91. The molecule has 0 atom stereocenters. The largest absolute Gasteiger partial charge is 0.357 e. The van der Waals surface area contributed by atoms with Crippen molar-refractivity contribution in [2.75, 3.05) is 31.4 Å². The van der Waals surface area contributed by atoms with Crippen molar-refractivity contribution in [3.8, 4) is 11.4 Å². The molecule has 1 N–H and O–H groups in total. The molecule has 1 aromatic heterocycles. The summed E-state index contributed by atoms with van der Waals surface area (Å²) in [6.45, 7) is 2.05. The van der Waals surface area contributed by atoms with Crippen LogP contribution in [0.3, 0.4) is 0 Å². The Balaban J connectivity index is 2.57. The highest BCUT2D eigenvalue weighted by Crippen LogP contribution is 2.21. The zero-order valence-corrected chi connectivity index (χ0v) is 11.1. The number of rotatable bonds is 3. The highest BCUT2D eigenvalue weighted by molar-refractivity contribution is 5.62. The fourth-order valence-electron chi connectivity index (χ4n) is 1.62. The highest BCUT2D eigenvalue weighted by atomic mass is 15.3. The van der Waals surface area contributed by atoms with Crippen LogP contribution < -0.4 is 10.2 Å². The molecule has 0 aliphatic carbocycles. The molecular formula is C13H17N5. The predicted octanol–water partition coefficient (Wildman–Crippen LogP) is 1.95. The molecule has 1 heterocycles. The van der Waals surface area contributed by atoms with Crippen LogP contribution in [0.5, 0.6) is 0 Å². The summed E-state index contributed by atoms with van der Waals surface area (Å²) in [7, 11) is 5.63. The van der Waals surface area contributed by atoms with Gasteiger partial charge >= 0.3 is 0 Å². The first kappa shape index (κ1) is 12.3. The monoisotopic (exact) mass is 243 g/mol. The molecule has 0 radical (unpaired) electrons. The molecule has 0 amide bonds. The van der Waals surface area contributed by atoms with Gasteiger partial charge in [-0.05, 0) is 12.5 Å². The molecule has 5 heteroatoms. The Bertz CT molecular complexity index is 551. The summed E-state index contributed by atoms with van der Waals surface area (Å²) in [6.07, 6.45) is 0. The second-order valence-corrected chi connectivity index (χ2v) is 4.24. The lowest BCUT2D eigenvalue weighted by atomic mass is 10.1. The molecule has 0 spiro atoms. The normalized spacial score (nSPS) is 10.2. The van der Waals surface area contributed by atoms with Crippen LogP contribution in [0.4, 0.5) is 11.9 Å². The maximum Gasteiger partial charge on any atom is 0.230 e. The van der Waals surface area contributed by atoms with Crippen LogP contribution in [0.2, 0.25) is 0 Å². The van der Waals surface area contributed by atoms with Gasteiger partial charge in [-0.1, -0.05) is 24.3 Å². The van der Waals surface area contributed by atoms with Crippen LogP contribution in [0.15, 0.2) is 24.3 Å². The van der Waals surface area contributed by atoms with Gasteiger partial charge in [0.25, 0.3) is 0 Å². The minimum absolute atomic E-state index is 0.576. The van der Waals surface area contributed by atoms with Crippen LogP contribution in [0, 0.1) is 6.92 Å². The summed E-state index contributed by atoms with van der Waals surface area (Å²) >= 11 is 0. The lowest BCUT2D eigenvalue weighted by Crippen LogP contribution is -2.15. The van der Waals surface area contributed by atoms with E-state index in [9.17, 15) is 0 Å². The number of benzene rings is 1. The molecule has 0 fully saturated rings. The van der Waals surface area contributed by atoms with Crippen molar-refractivity contribution >= 4 is 11.9 Å². The van der Waals surface area contributed by atoms with Crippen molar-refractivity contribution in [3.63, 3.8) is 0 Å².